The average Bonchev–Trinajstić information content (AvgIpc) is 2.49. The molecule has 1 rings (SSSR count). The molecule has 110 valence electrons. The molecule has 0 aliphatic carbocycles. The lowest BCUT2D eigenvalue weighted by Gasteiger charge is -2.11. The predicted octanol–water partition coefficient (Wildman–Crippen LogP) is 0.663. The van der Waals surface area contributed by atoms with Gasteiger partial charge in [-0.3, -0.25) is 14.8 Å². The number of hydrogen-bond acceptors (Lipinski definition) is 3. The Balaban J connectivity index is 2.22. The van der Waals surface area contributed by atoms with E-state index in [9.17, 15) is 4.79 Å². The van der Waals surface area contributed by atoms with E-state index in [-0.39, 0.29) is 5.91 Å². The largest absolute Gasteiger partial charge is 0.356 e. The van der Waals surface area contributed by atoms with E-state index in [1.54, 1.807) is 13.2 Å². The molecular formula is C14H23N5O. The summed E-state index contributed by atoms with van der Waals surface area (Å²) in [7, 11) is 1.70. The Kier molecular flexibility index (Phi) is 7.79. The summed E-state index contributed by atoms with van der Waals surface area (Å²) < 4.78 is 0. The van der Waals surface area contributed by atoms with Crippen LogP contribution < -0.4 is 16.0 Å². The smallest absolute Gasteiger partial charge is 0.221 e. The molecule has 1 aromatic rings. The van der Waals surface area contributed by atoms with Crippen LogP contribution in [-0.2, 0) is 11.3 Å². The lowest BCUT2D eigenvalue weighted by atomic mass is 10.3. The van der Waals surface area contributed by atoms with Crippen LogP contribution in [0.15, 0.2) is 29.4 Å². The van der Waals surface area contributed by atoms with Crippen LogP contribution in [0.3, 0.4) is 0 Å². The van der Waals surface area contributed by atoms with E-state index in [0.29, 0.717) is 25.5 Å². The number of hydrogen-bond donors (Lipinski definition) is 3. The van der Waals surface area contributed by atoms with Gasteiger partial charge in [0.1, 0.15) is 0 Å². The second-order valence-corrected chi connectivity index (χ2v) is 4.27. The maximum Gasteiger partial charge on any atom is 0.221 e. The first kappa shape index (κ1) is 15.9. The zero-order valence-electron chi connectivity index (χ0n) is 12.1. The number of carbonyl (C=O) groups excluding carboxylic acids is 1. The fourth-order valence-corrected chi connectivity index (χ4v) is 1.54. The SMILES string of the molecule is CCCNC(=O)CCNC(=NC)NCc1ccccn1. The Bertz CT molecular complexity index is 419. The molecule has 0 fully saturated rings. The first-order chi connectivity index (χ1) is 9.76. The Hall–Kier alpha value is -2.11. The molecule has 6 heteroatoms. The summed E-state index contributed by atoms with van der Waals surface area (Å²) >= 11 is 0. The van der Waals surface area contributed by atoms with Crippen LogP contribution >= 0.6 is 0 Å². The number of carbonyl (C=O) groups is 1. The van der Waals surface area contributed by atoms with Gasteiger partial charge in [0.2, 0.25) is 5.91 Å². The van der Waals surface area contributed by atoms with Gasteiger partial charge in [0, 0.05) is 32.8 Å². The van der Waals surface area contributed by atoms with Crippen LogP contribution in [0.4, 0.5) is 0 Å². The number of nitrogens with zero attached hydrogens (tertiary/aromatic N) is 2. The van der Waals surface area contributed by atoms with Crippen LogP contribution in [0.1, 0.15) is 25.5 Å². The molecule has 20 heavy (non-hydrogen) atoms. The molecule has 0 saturated carbocycles. The van der Waals surface area contributed by atoms with Crippen LogP contribution in [0.5, 0.6) is 0 Å². The summed E-state index contributed by atoms with van der Waals surface area (Å²) in [6, 6.07) is 5.77. The maximum absolute atomic E-state index is 11.4. The lowest BCUT2D eigenvalue weighted by Crippen LogP contribution is -2.39. The first-order valence-electron chi connectivity index (χ1n) is 6.87. The highest BCUT2D eigenvalue weighted by Crippen LogP contribution is 1.91. The second kappa shape index (κ2) is 9.77. The highest BCUT2D eigenvalue weighted by molar-refractivity contribution is 5.81. The molecule has 0 aromatic carbocycles. The zero-order valence-corrected chi connectivity index (χ0v) is 12.1. The molecule has 1 amide bonds. The van der Waals surface area contributed by atoms with Gasteiger partial charge in [0.05, 0.1) is 12.2 Å². The zero-order chi connectivity index (χ0) is 14.6. The van der Waals surface area contributed by atoms with Crippen LogP contribution in [0.25, 0.3) is 0 Å². The Morgan fingerprint density at radius 1 is 1.25 bits per heavy atom. The van der Waals surface area contributed by atoms with E-state index in [1.165, 1.54) is 0 Å². The Morgan fingerprint density at radius 2 is 2.10 bits per heavy atom. The molecular weight excluding hydrogens is 254 g/mol. The highest BCUT2D eigenvalue weighted by atomic mass is 16.1. The molecule has 0 atom stereocenters. The summed E-state index contributed by atoms with van der Waals surface area (Å²) in [6.07, 6.45) is 3.14. The molecule has 1 heterocycles. The molecule has 0 aliphatic heterocycles. The van der Waals surface area contributed by atoms with Gasteiger partial charge in [-0.05, 0) is 18.6 Å². The number of guanidine groups is 1. The van der Waals surface area contributed by atoms with Crippen molar-refractivity contribution in [3.63, 3.8) is 0 Å². The molecule has 6 nitrogen and oxygen atoms in total. The summed E-state index contributed by atoms with van der Waals surface area (Å²) in [5.41, 5.74) is 0.941. The molecule has 0 unspecified atom stereocenters. The normalized spacial score (nSPS) is 11.0. The van der Waals surface area contributed by atoms with Gasteiger partial charge in [0.15, 0.2) is 5.96 Å². The van der Waals surface area contributed by atoms with Crippen LogP contribution in [0.2, 0.25) is 0 Å². The van der Waals surface area contributed by atoms with Gasteiger partial charge >= 0.3 is 0 Å². The number of aliphatic imine (C=N–C) groups is 1. The van der Waals surface area contributed by atoms with E-state index in [0.717, 1.165) is 18.7 Å². The predicted molar refractivity (Wildman–Crippen MR) is 80.4 cm³/mol. The minimum atomic E-state index is 0.0551. The topological polar surface area (TPSA) is 78.4 Å². The van der Waals surface area contributed by atoms with Gasteiger partial charge in [-0.15, -0.1) is 0 Å². The summed E-state index contributed by atoms with van der Waals surface area (Å²) in [4.78, 5) is 19.7. The second-order valence-electron chi connectivity index (χ2n) is 4.27. The van der Waals surface area contributed by atoms with Crippen molar-refractivity contribution in [2.45, 2.75) is 26.3 Å². The van der Waals surface area contributed by atoms with Crippen molar-refractivity contribution >= 4 is 11.9 Å². The van der Waals surface area contributed by atoms with E-state index >= 15 is 0 Å². The third-order valence-corrected chi connectivity index (χ3v) is 2.60. The number of amides is 1. The number of rotatable bonds is 7. The lowest BCUT2D eigenvalue weighted by molar-refractivity contribution is -0.120. The van der Waals surface area contributed by atoms with Crippen molar-refractivity contribution in [2.24, 2.45) is 4.99 Å². The highest BCUT2D eigenvalue weighted by Gasteiger charge is 2.02. The van der Waals surface area contributed by atoms with Gasteiger partial charge in [0.25, 0.3) is 0 Å². The van der Waals surface area contributed by atoms with Crippen molar-refractivity contribution in [2.75, 3.05) is 20.1 Å². The van der Waals surface area contributed by atoms with Crippen molar-refractivity contribution in [1.82, 2.24) is 20.9 Å². The number of aromatic nitrogens is 1. The number of pyridine rings is 1. The molecule has 1 aromatic heterocycles. The molecule has 0 radical (unpaired) electrons. The first-order valence-corrected chi connectivity index (χ1v) is 6.87. The van der Waals surface area contributed by atoms with E-state index < -0.39 is 0 Å². The Morgan fingerprint density at radius 3 is 2.75 bits per heavy atom. The van der Waals surface area contributed by atoms with Gasteiger partial charge in [-0.2, -0.15) is 0 Å². The molecule has 3 N–H and O–H groups in total. The maximum atomic E-state index is 11.4. The molecule has 0 bridgehead atoms. The number of nitrogens with one attached hydrogen (secondary N) is 3. The summed E-state index contributed by atoms with van der Waals surface area (Å²) in [5.74, 6) is 0.721. The monoisotopic (exact) mass is 277 g/mol. The molecule has 0 spiro atoms. The molecule has 0 saturated heterocycles. The standard InChI is InChI=1S/C14H23N5O/c1-3-8-17-13(20)7-10-18-14(15-2)19-11-12-6-4-5-9-16-12/h4-6,9H,3,7-8,10-11H2,1-2H3,(H,17,20)(H2,15,18,19). The Labute approximate surface area is 120 Å². The third-order valence-electron chi connectivity index (χ3n) is 2.60. The van der Waals surface area contributed by atoms with Crippen molar-refractivity contribution in [1.29, 1.82) is 0 Å². The van der Waals surface area contributed by atoms with Crippen molar-refractivity contribution < 1.29 is 4.79 Å². The minimum Gasteiger partial charge on any atom is -0.356 e. The van der Waals surface area contributed by atoms with Crippen molar-refractivity contribution in [3.8, 4) is 0 Å². The van der Waals surface area contributed by atoms with Gasteiger partial charge < -0.3 is 16.0 Å². The van der Waals surface area contributed by atoms with E-state index in [1.807, 2.05) is 25.1 Å². The quantitative estimate of drug-likeness (QED) is 0.505. The molecule has 0 aliphatic rings. The van der Waals surface area contributed by atoms with Crippen LogP contribution in [0, 0.1) is 0 Å². The minimum absolute atomic E-state index is 0.0551. The summed E-state index contributed by atoms with van der Waals surface area (Å²) in [6.45, 7) is 3.91. The fourth-order valence-electron chi connectivity index (χ4n) is 1.54. The van der Waals surface area contributed by atoms with Gasteiger partial charge in [-0.1, -0.05) is 13.0 Å². The van der Waals surface area contributed by atoms with Gasteiger partial charge in [-0.25, -0.2) is 0 Å². The fraction of sp³-hybridized carbons (Fsp3) is 0.500. The van der Waals surface area contributed by atoms with E-state index in [4.69, 9.17) is 0 Å². The third kappa shape index (κ3) is 6.72. The summed E-state index contributed by atoms with van der Waals surface area (Å²) in [5, 5.41) is 9.08. The average molecular weight is 277 g/mol. The van der Waals surface area contributed by atoms with Crippen LogP contribution in [-0.4, -0.2) is 37.0 Å². The van der Waals surface area contributed by atoms with E-state index in [2.05, 4.69) is 25.9 Å². The van der Waals surface area contributed by atoms with Crippen molar-refractivity contribution in [3.05, 3.63) is 30.1 Å².